The predicted octanol–water partition coefficient (Wildman–Crippen LogP) is 4.67. The molecule has 0 spiro atoms. The molecule has 0 fully saturated rings. The van der Waals surface area contributed by atoms with Crippen molar-refractivity contribution in [3.05, 3.63) is 46.7 Å². The molecule has 1 heterocycles. The number of carbonyl (C=O) groups is 1. The summed E-state index contributed by atoms with van der Waals surface area (Å²) < 4.78 is 40.0. The molecule has 140 valence electrons. The number of hydrogen-bond donors (Lipinski definition) is 2. The number of benzene rings is 1. The fourth-order valence-electron chi connectivity index (χ4n) is 1.96. The zero-order chi connectivity index (χ0) is 19.5. The van der Waals surface area contributed by atoms with Gasteiger partial charge in [-0.2, -0.15) is 13.2 Å². The number of alkyl halides is 3. The third kappa shape index (κ3) is 5.59. The maximum Gasteiger partial charge on any atom is 0.434 e. The van der Waals surface area contributed by atoms with Crippen molar-refractivity contribution in [3.8, 4) is 0 Å². The molecule has 5 nitrogen and oxygen atoms in total. The monoisotopic (exact) mass is 386 g/mol. The van der Waals surface area contributed by atoms with Crippen molar-refractivity contribution < 1.29 is 18.0 Å². The molecule has 1 amide bonds. The molecule has 0 aliphatic carbocycles. The van der Waals surface area contributed by atoms with Gasteiger partial charge in [-0.25, -0.2) is 9.97 Å². The minimum absolute atomic E-state index is 0.214. The largest absolute Gasteiger partial charge is 0.434 e. The number of amides is 1. The average molecular weight is 387 g/mol. The zero-order valence-electron chi connectivity index (χ0n) is 14.4. The molecule has 0 saturated carbocycles. The molecule has 0 bridgehead atoms. The lowest BCUT2D eigenvalue weighted by atomic mass is 9.97. The quantitative estimate of drug-likeness (QED) is 0.801. The Kier molecular flexibility index (Phi) is 5.75. The molecule has 1 aromatic heterocycles. The topological polar surface area (TPSA) is 66.9 Å². The molecule has 9 heteroatoms. The van der Waals surface area contributed by atoms with Gasteiger partial charge in [0.1, 0.15) is 0 Å². The number of nitrogens with zero attached hydrogens (tertiary/aromatic N) is 2. The molecule has 26 heavy (non-hydrogen) atoms. The summed E-state index contributed by atoms with van der Waals surface area (Å²) in [5, 5.41) is 5.52. The van der Waals surface area contributed by atoms with Gasteiger partial charge in [0.05, 0.1) is 5.56 Å². The van der Waals surface area contributed by atoms with E-state index < -0.39 is 23.3 Å². The minimum atomic E-state index is -4.80. The lowest BCUT2D eigenvalue weighted by molar-refractivity contribution is -0.141. The van der Waals surface area contributed by atoms with Gasteiger partial charge in [-0.1, -0.05) is 38.4 Å². The van der Waals surface area contributed by atoms with Crippen LogP contribution in [0.25, 0.3) is 0 Å². The van der Waals surface area contributed by atoms with E-state index in [0.717, 1.165) is 6.20 Å². The molecule has 0 atom stereocenters. The summed E-state index contributed by atoms with van der Waals surface area (Å²) in [6.07, 6.45) is -3.94. The van der Waals surface area contributed by atoms with Crippen LogP contribution >= 0.6 is 11.6 Å². The van der Waals surface area contributed by atoms with Crippen LogP contribution in [-0.2, 0) is 6.18 Å². The summed E-state index contributed by atoms with van der Waals surface area (Å²) in [6.45, 7) is 5.77. The molecule has 0 saturated heterocycles. The SMILES string of the molecule is CC(C)(C)CNC(=O)c1cnc(Nc2cccc(Cl)c2)nc1C(F)(F)F. The number of rotatable bonds is 4. The average Bonchev–Trinajstić information content (AvgIpc) is 2.51. The smallest absolute Gasteiger partial charge is 0.351 e. The number of hydrogen-bond acceptors (Lipinski definition) is 4. The normalized spacial score (nSPS) is 12.0. The molecule has 2 aromatic rings. The van der Waals surface area contributed by atoms with Gasteiger partial charge in [-0.15, -0.1) is 0 Å². The van der Waals surface area contributed by atoms with Gasteiger partial charge >= 0.3 is 6.18 Å². The Hall–Kier alpha value is -2.35. The molecule has 2 rings (SSSR count). The first-order valence-electron chi connectivity index (χ1n) is 7.71. The highest BCUT2D eigenvalue weighted by atomic mass is 35.5. The maximum absolute atomic E-state index is 13.3. The van der Waals surface area contributed by atoms with Gasteiger partial charge in [-0.05, 0) is 23.6 Å². The summed E-state index contributed by atoms with van der Waals surface area (Å²) in [6, 6.07) is 6.37. The van der Waals surface area contributed by atoms with E-state index in [2.05, 4.69) is 20.6 Å². The molecule has 0 aliphatic heterocycles. The van der Waals surface area contributed by atoms with Crippen molar-refractivity contribution in [2.24, 2.45) is 5.41 Å². The second-order valence-electron chi connectivity index (χ2n) is 6.83. The molecular weight excluding hydrogens is 369 g/mol. The van der Waals surface area contributed by atoms with E-state index in [0.29, 0.717) is 10.7 Å². The Bertz CT molecular complexity index is 803. The van der Waals surface area contributed by atoms with Crippen molar-refractivity contribution >= 4 is 29.1 Å². The van der Waals surface area contributed by atoms with Crippen LogP contribution in [0.15, 0.2) is 30.5 Å². The Morgan fingerprint density at radius 1 is 1.23 bits per heavy atom. The van der Waals surface area contributed by atoms with Gasteiger partial charge in [-0.3, -0.25) is 4.79 Å². The van der Waals surface area contributed by atoms with E-state index >= 15 is 0 Å². The Morgan fingerprint density at radius 3 is 2.50 bits per heavy atom. The molecule has 2 N–H and O–H groups in total. The van der Waals surface area contributed by atoms with Gasteiger partial charge in [0.25, 0.3) is 5.91 Å². The highest BCUT2D eigenvalue weighted by molar-refractivity contribution is 6.30. The summed E-state index contributed by atoms with van der Waals surface area (Å²) in [4.78, 5) is 19.4. The van der Waals surface area contributed by atoms with E-state index in [1.165, 1.54) is 6.07 Å². The minimum Gasteiger partial charge on any atom is -0.351 e. The van der Waals surface area contributed by atoms with Crippen LogP contribution < -0.4 is 10.6 Å². The number of carbonyl (C=O) groups excluding carboxylic acids is 1. The number of halogens is 4. The number of nitrogens with one attached hydrogen (secondary N) is 2. The second-order valence-corrected chi connectivity index (χ2v) is 7.27. The third-order valence-electron chi connectivity index (χ3n) is 3.16. The highest BCUT2D eigenvalue weighted by Gasteiger charge is 2.38. The lowest BCUT2D eigenvalue weighted by Crippen LogP contribution is -2.34. The van der Waals surface area contributed by atoms with E-state index in [4.69, 9.17) is 11.6 Å². The van der Waals surface area contributed by atoms with Crippen LogP contribution in [0.4, 0.5) is 24.8 Å². The number of anilines is 2. The van der Waals surface area contributed by atoms with E-state index in [1.807, 2.05) is 20.8 Å². The second kappa shape index (κ2) is 7.49. The van der Waals surface area contributed by atoms with E-state index in [-0.39, 0.29) is 17.9 Å². The van der Waals surface area contributed by atoms with Crippen LogP contribution in [-0.4, -0.2) is 22.4 Å². The fraction of sp³-hybridized carbons (Fsp3) is 0.353. The van der Waals surface area contributed by atoms with E-state index in [1.54, 1.807) is 18.2 Å². The molecule has 0 aliphatic rings. The first-order chi connectivity index (χ1) is 12.0. The summed E-state index contributed by atoms with van der Waals surface area (Å²) in [7, 11) is 0. The van der Waals surface area contributed by atoms with Gasteiger partial charge < -0.3 is 10.6 Å². The van der Waals surface area contributed by atoms with Crippen LogP contribution in [0.1, 0.15) is 36.8 Å². The Labute approximate surface area is 154 Å². The van der Waals surface area contributed by atoms with Gasteiger partial charge in [0, 0.05) is 23.5 Å². The van der Waals surface area contributed by atoms with Crippen molar-refractivity contribution in [2.45, 2.75) is 26.9 Å². The van der Waals surface area contributed by atoms with Crippen molar-refractivity contribution in [1.29, 1.82) is 0 Å². The van der Waals surface area contributed by atoms with Crippen LogP contribution in [0.2, 0.25) is 5.02 Å². The summed E-state index contributed by atoms with van der Waals surface area (Å²) in [5.74, 6) is -1.16. The third-order valence-corrected chi connectivity index (χ3v) is 3.40. The van der Waals surface area contributed by atoms with Gasteiger partial charge in [0.15, 0.2) is 5.69 Å². The van der Waals surface area contributed by atoms with E-state index in [9.17, 15) is 18.0 Å². The van der Waals surface area contributed by atoms with Crippen molar-refractivity contribution in [2.75, 3.05) is 11.9 Å². The molecule has 0 radical (unpaired) electrons. The van der Waals surface area contributed by atoms with Crippen LogP contribution in [0.3, 0.4) is 0 Å². The number of aromatic nitrogens is 2. The van der Waals surface area contributed by atoms with Crippen LogP contribution in [0.5, 0.6) is 0 Å². The van der Waals surface area contributed by atoms with Gasteiger partial charge in [0.2, 0.25) is 5.95 Å². The summed E-state index contributed by atoms with van der Waals surface area (Å²) in [5.41, 5.74) is -1.78. The first-order valence-corrected chi connectivity index (χ1v) is 8.08. The zero-order valence-corrected chi connectivity index (χ0v) is 15.2. The van der Waals surface area contributed by atoms with Crippen LogP contribution in [0, 0.1) is 5.41 Å². The molecule has 1 aromatic carbocycles. The summed E-state index contributed by atoms with van der Waals surface area (Å²) >= 11 is 5.84. The maximum atomic E-state index is 13.3. The predicted molar refractivity (Wildman–Crippen MR) is 93.6 cm³/mol. The Morgan fingerprint density at radius 2 is 1.92 bits per heavy atom. The Balaban J connectivity index is 2.31. The lowest BCUT2D eigenvalue weighted by Gasteiger charge is -2.19. The molecular formula is C17H18ClF3N4O. The molecule has 0 unspecified atom stereocenters. The first kappa shape index (κ1) is 20.0. The highest BCUT2D eigenvalue weighted by Crippen LogP contribution is 2.31. The van der Waals surface area contributed by atoms with Crippen molar-refractivity contribution in [3.63, 3.8) is 0 Å². The van der Waals surface area contributed by atoms with Crippen molar-refractivity contribution in [1.82, 2.24) is 15.3 Å². The fourth-order valence-corrected chi connectivity index (χ4v) is 2.15. The standard InChI is InChI=1S/C17H18ClF3N4O/c1-16(2,3)9-23-14(26)12-8-22-15(25-13(12)17(19,20)21)24-11-6-4-5-10(18)7-11/h4-8H,9H2,1-3H3,(H,23,26)(H,22,24,25).